The van der Waals surface area contributed by atoms with Crippen LogP contribution in [0.4, 0.5) is 13.2 Å². The van der Waals surface area contributed by atoms with Crippen LogP contribution < -0.4 is 5.73 Å². The molecule has 0 bridgehead atoms. The number of carbonyl (C=O) groups is 1. The number of unbranched alkanes of at least 4 members (excludes halogenated alkanes) is 1. The molecule has 0 aliphatic carbocycles. The number of rotatable bonds is 12. The third-order valence-electron chi connectivity index (χ3n) is 5.98. The molecule has 1 aromatic rings. The second-order valence-corrected chi connectivity index (χ2v) is 8.61. The van der Waals surface area contributed by atoms with E-state index in [-0.39, 0.29) is 12.7 Å². The van der Waals surface area contributed by atoms with Gasteiger partial charge in [-0.25, -0.2) is 0 Å². The summed E-state index contributed by atoms with van der Waals surface area (Å²) in [6, 6.07) is 5.41. The third kappa shape index (κ3) is 8.70. The van der Waals surface area contributed by atoms with E-state index in [1.807, 2.05) is 0 Å². The largest absolute Gasteiger partial charge is 0.480 e. The molecule has 0 radical (unpaired) electrons. The molecule has 1 heterocycles. The number of nitrogens with zero attached hydrogens (tertiary/aromatic N) is 2. The van der Waals surface area contributed by atoms with Gasteiger partial charge >= 0.3 is 19.3 Å². The van der Waals surface area contributed by atoms with Gasteiger partial charge in [0.05, 0.1) is 5.56 Å². The van der Waals surface area contributed by atoms with Gasteiger partial charge in [0, 0.05) is 32.7 Å². The number of hydrogen-bond donors (Lipinski definition) is 4. The predicted octanol–water partition coefficient (Wildman–Crippen LogP) is 2.03. The lowest BCUT2D eigenvalue weighted by molar-refractivity contribution is -0.144. The number of alkyl halides is 3. The smallest absolute Gasteiger partial charge is 0.451 e. The van der Waals surface area contributed by atoms with E-state index in [2.05, 4.69) is 9.80 Å². The number of aliphatic carboxylic acids is 1. The van der Waals surface area contributed by atoms with E-state index < -0.39 is 30.4 Å². The van der Waals surface area contributed by atoms with Crippen molar-refractivity contribution in [1.82, 2.24) is 9.80 Å². The molecular formula is C21H33BF3N3O4. The van der Waals surface area contributed by atoms with E-state index in [0.29, 0.717) is 44.3 Å². The summed E-state index contributed by atoms with van der Waals surface area (Å²) in [5.41, 5.74) is 4.77. The van der Waals surface area contributed by atoms with E-state index in [1.54, 1.807) is 6.07 Å². The Morgan fingerprint density at radius 1 is 1.03 bits per heavy atom. The highest BCUT2D eigenvalue weighted by molar-refractivity contribution is 6.40. The Kier molecular flexibility index (Phi) is 9.96. The minimum absolute atomic E-state index is 0.195. The summed E-state index contributed by atoms with van der Waals surface area (Å²) in [6.07, 6.45) is -1.91. The first-order valence-electron chi connectivity index (χ1n) is 11.0. The molecule has 5 N–H and O–H groups in total. The standard InChI is InChI=1S/C21H33BF3N3O4/c23-21(24,25)18-6-3-5-17(15-18)16-28-13-11-27(12-14-28)10-4-8-20(26,19(29)30)7-1-2-9-22(31)32/h3,5-6,15,31-32H,1-2,4,7-14,16,26H2,(H,29,30). The monoisotopic (exact) mass is 459 g/mol. The van der Waals surface area contributed by atoms with Crippen LogP contribution in [0, 0.1) is 0 Å². The van der Waals surface area contributed by atoms with Gasteiger partial charge in [-0.15, -0.1) is 0 Å². The van der Waals surface area contributed by atoms with Crippen LogP contribution in [0.5, 0.6) is 0 Å². The maximum atomic E-state index is 12.9. The molecule has 11 heteroatoms. The minimum atomic E-state index is -4.34. The number of carboxylic acids is 1. The fourth-order valence-electron chi connectivity index (χ4n) is 4.00. The zero-order valence-electron chi connectivity index (χ0n) is 18.2. The van der Waals surface area contributed by atoms with Crippen LogP contribution in [0.3, 0.4) is 0 Å². The molecule has 0 spiro atoms. The number of halogens is 3. The molecule has 1 aliphatic rings. The first-order chi connectivity index (χ1) is 15.0. The Bertz CT molecular complexity index is 730. The summed E-state index contributed by atoms with van der Waals surface area (Å²) < 4.78 is 38.6. The average molecular weight is 459 g/mol. The molecule has 1 aromatic carbocycles. The first-order valence-corrected chi connectivity index (χ1v) is 11.0. The molecule has 1 atom stereocenters. The molecule has 1 saturated heterocycles. The van der Waals surface area contributed by atoms with E-state index >= 15 is 0 Å². The Hall–Kier alpha value is -1.66. The van der Waals surface area contributed by atoms with Crippen LogP contribution in [0.1, 0.15) is 43.2 Å². The highest BCUT2D eigenvalue weighted by Gasteiger charge is 2.33. The lowest BCUT2D eigenvalue weighted by atomic mass is 9.81. The van der Waals surface area contributed by atoms with Crippen molar-refractivity contribution in [2.45, 2.75) is 56.7 Å². The topological polar surface area (TPSA) is 110 Å². The molecule has 2 rings (SSSR count). The molecule has 180 valence electrons. The van der Waals surface area contributed by atoms with Gasteiger partial charge in [-0.05, 0) is 43.8 Å². The molecule has 0 saturated carbocycles. The zero-order valence-corrected chi connectivity index (χ0v) is 18.2. The lowest BCUT2D eigenvalue weighted by Gasteiger charge is -2.35. The minimum Gasteiger partial charge on any atom is -0.480 e. The molecule has 1 unspecified atom stereocenters. The number of piperazine rings is 1. The molecule has 7 nitrogen and oxygen atoms in total. The van der Waals surface area contributed by atoms with Crippen molar-refractivity contribution in [2.24, 2.45) is 5.73 Å². The lowest BCUT2D eigenvalue weighted by Crippen LogP contribution is -2.49. The summed E-state index contributed by atoms with van der Waals surface area (Å²) in [5, 5.41) is 27.3. The fraction of sp³-hybridized carbons (Fsp3) is 0.667. The van der Waals surface area contributed by atoms with Crippen molar-refractivity contribution < 1.29 is 33.1 Å². The molecule has 1 aliphatic heterocycles. The Morgan fingerprint density at radius 2 is 1.66 bits per heavy atom. The second-order valence-electron chi connectivity index (χ2n) is 8.61. The van der Waals surface area contributed by atoms with Crippen LogP contribution in [0.15, 0.2) is 24.3 Å². The van der Waals surface area contributed by atoms with Gasteiger partial charge in [-0.3, -0.25) is 9.69 Å². The Balaban J connectivity index is 1.73. The number of hydrogen-bond acceptors (Lipinski definition) is 6. The van der Waals surface area contributed by atoms with Crippen molar-refractivity contribution in [2.75, 3.05) is 32.7 Å². The zero-order chi connectivity index (χ0) is 23.8. The van der Waals surface area contributed by atoms with Crippen molar-refractivity contribution in [3.8, 4) is 0 Å². The first kappa shape index (κ1) is 26.6. The van der Waals surface area contributed by atoms with Crippen LogP contribution in [0.2, 0.25) is 6.32 Å². The molecule has 0 aromatic heterocycles. The van der Waals surface area contributed by atoms with Gasteiger partial charge in [0.15, 0.2) is 0 Å². The third-order valence-corrected chi connectivity index (χ3v) is 5.98. The maximum absolute atomic E-state index is 12.9. The molecule has 32 heavy (non-hydrogen) atoms. The number of nitrogens with two attached hydrogens (primary N) is 1. The van der Waals surface area contributed by atoms with Gasteiger partial charge in [-0.2, -0.15) is 13.2 Å². The number of benzene rings is 1. The van der Waals surface area contributed by atoms with Gasteiger partial charge < -0.3 is 25.8 Å². The fourth-order valence-corrected chi connectivity index (χ4v) is 4.00. The quantitative estimate of drug-likeness (QED) is 0.280. The highest BCUT2D eigenvalue weighted by Crippen LogP contribution is 2.30. The molecular weight excluding hydrogens is 426 g/mol. The van der Waals surface area contributed by atoms with Gasteiger partial charge in [0.2, 0.25) is 0 Å². The second kappa shape index (κ2) is 12.0. The predicted molar refractivity (Wildman–Crippen MR) is 116 cm³/mol. The van der Waals surface area contributed by atoms with Crippen LogP contribution >= 0.6 is 0 Å². The van der Waals surface area contributed by atoms with Gasteiger partial charge in [0.25, 0.3) is 0 Å². The Morgan fingerprint density at radius 3 is 2.25 bits per heavy atom. The van der Waals surface area contributed by atoms with E-state index in [4.69, 9.17) is 15.8 Å². The average Bonchev–Trinajstić information content (AvgIpc) is 2.72. The van der Waals surface area contributed by atoms with Crippen molar-refractivity contribution in [3.05, 3.63) is 35.4 Å². The van der Waals surface area contributed by atoms with Crippen LogP contribution in [0.25, 0.3) is 0 Å². The maximum Gasteiger partial charge on any atom is 0.451 e. The van der Waals surface area contributed by atoms with Gasteiger partial charge in [0.1, 0.15) is 5.54 Å². The summed E-state index contributed by atoms with van der Waals surface area (Å²) in [7, 11) is -1.39. The van der Waals surface area contributed by atoms with Gasteiger partial charge in [-0.1, -0.05) is 31.0 Å². The van der Waals surface area contributed by atoms with E-state index in [9.17, 15) is 23.1 Å². The summed E-state index contributed by atoms with van der Waals surface area (Å²) in [5.74, 6) is -1.05. The van der Waals surface area contributed by atoms with E-state index in [0.717, 1.165) is 32.2 Å². The van der Waals surface area contributed by atoms with E-state index in [1.165, 1.54) is 12.1 Å². The Labute approximate surface area is 187 Å². The van der Waals surface area contributed by atoms with Crippen LogP contribution in [-0.2, 0) is 17.5 Å². The normalized spacial score (nSPS) is 17.8. The molecule has 1 fully saturated rings. The van der Waals surface area contributed by atoms with Crippen molar-refractivity contribution in [1.29, 1.82) is 0 Å². The molecule has 0 amide bonds. The number of carboxylic acid groups (broad SMARTS) is 1. The summed E-state index contributed by atoms with van der Waals surface area (Å²) in [4.78, 5) is 16.0. The van der Waals surface area contributed by atoms with Crippen LogP contribution in [-0.4, -0.2) is 76.3 Å². The summed E-state index contributed by atoms with van der Waals surface area (Å²) >= 11 is 0. The summed E-state index contributed by atoms with van der Waals surface area (Å²) in [6.45, 7) is 4.15. The SMILES string of the molecule is NC(CCCCB(O)O)(CCCN1CCN(Cc2cccc(C(F)(F)F)c2)CC1)C(=O)O. The van der Waals surface area contributed by atoms with Crippen molar-refractivity contribution in [3.63, 3.8) is 0 Å². The highest BCUT2D eigenvalue weighted by atomic mass is 19.4. The van der Waals surface area contributed by atoms with Crippen molar-refractivity contribution >= 4 is 13.1 Å².